The standard InChI is InChI=1S/C15H21NO3/c1-2-6-13(15(18)19)16-10-5-9-14(17)11-7-3-4-8-12(11)16/h3-4,7-8,13-14,17H,2,5-6,9-10H2,1H3,(H,18,19). The molecule has 0 fully saturated rings. The van der Waals surface area contributed by atoms with E-state index < -0.39 is 18.1 Å². The monoisotopic (exact) mass is 263 g/mol. The molecule has 104 valence electrons. The number of aliphatic hydroxyl groups excluding tert-OH is 1. The van der Waals surface area contributed by atoms with Gasteiger partial charge in [0.15, 0.2) is 0 Å². The summed E-state index contributed by atoms with van der Waals surface area (Å²) >= 11 is 0. The molecule has 2 rings (SSSR count). The number of fused-ring (bicyclic) bond motifs is 1. The van der Waals surface area contributed by atoms with Gasteiger partial charge in [0.1, 0.15) is 6.04 Å². The third kappa shape index (κ3) is 2.89. The number of carbonyl (C=O) groups is 1. The van der Waals surface area contributed by atoms with Crippen LogP contribution in [0.1, 0.15) is 44.3 Å². The zero-order chi connectivity index (χ0) is 13.8. The highest BCUT2D eigenvalue weighted by molar-refractivity contribution is 5.79. The third-order valence-corrected chi connectivity index (χ3v) is 3.71. The second-order valence-electron chi connectivity index (χ2n) is 5.05. The van der Waals surface area contributed by atoms with Crippen LogP contribution in [0.4, 0.5) is 5.69 Å². The van der Waals surface area contributed by atoms with Gasteiger partial charge in [-0.1, -0.05) is 31.5 Å². The molecule has 1 aromatic carbocycles. The van der Waals surface area contributed by atoms with Crippen LogP contribution < -0.4 is 4.90 Å². The Morgan fingerprint density at radius 3 is 2.89 bits per heavy atom. The van der Waals surface area contributed by atoms with Crippen molar-refractivity contribution in [2.75, 3.05) is 11.4 Å². The molecule has 19 heavy (non-hydrogen) atoms. The van der Waals surface area contributed by atoms with Crippen LogP contribution in [0.2, 0.25) is 0 Å². The Kier molecular flexibility index (Phi) is 4.43. The van der Waals surface area contributed by atoms with E-state index in [9.17, 15) is 15.0 Å². The van der Waals surface area contributed by atoms with Crippen LogP contribution in [-0.4, -0.2) is 28.8 Å². The SMILES string of the molecule is CCCC(C(=O)O)N1CCCC(O)c2ccccc21. The molecule has 0 saturated heterocycles. The molecular weight excluding hydrogens is 242 g/mol. The molecule has 0 aliphatic carbocycles. The number of carboxylic acids is 1. The van der Waals surface area contributed by atoms with Crippen molar-refractivity contribution in [1.29, 1.82) is 0 Å². The smallest absolute Gasteiger partial charge is 0.326 e. The summed E-state index contributed by atoms with van der Waals surface area (Å²) < 4.78 is 0. The Labute approximate surface area is 113 Å². The van der Waals surface area contributed by atoms with Gasteiger partial charge in [-0.15, -0.1) is 0 Å². The first kappa shape index (κ1) is 13.9. The Morgan fingerprint density at radius 1 is 1.47 bits per heavy atom. The number of hydrogen-bond acceptors (Lipinski definition) is 3. The number of anilines is 1. The van der Waals surface area contributed by atoms with Gasteiger partial charge in [-0.05, 0) is 25.3 Å². The number of rotatable bonds is 4. The first-order valence-electron chi connectivity index (χ1n) is 6.91. The topological polar surface area (TPSA) is 60.8 Å². The van der Waals surface area contributed by atoms with Gasteiger partial charge in [0.25, 0.3) is 0 Å². The van der Waals surface area contributed by atoms with E-state index in [1.54, 1.807) is 0 Å². The minimum Gasteiger partial charge on any atom is -0.480 e. The first-order valence-corrected chi connectivity index (χ1v) is 6.91. The summed E-state index contributed by atoms with van der Waals surface area (Å²) in [5, 5.41) is 19.6. The van der Waals surface area contributed by atoms with Crippen molar-refractivity contribution in [2.45, 2.75) is 44.8 Å². The zero-order valence-corrected chi connectivity index (χ0v) is 11.2. The quantitative estimate of drug-likeness (QED) is 0.876. The van der Waals surface area contributed by atoms with Crippen LogP contribution in [0.15, 0.2) is 24.3 Å². The molecule has 1 heterocycles. The van der Waals surface area contributed by atoms with Crippen molar-refractivity contribution in [3.05, 3.63) is 29.8 Å². The summed E-state index contributed by atoms with van der Waals surface area (Å²) in [6.45, 7) is 2.68. The minimum atomic E-state index is -0.784. The van der Waals surface area contributed by atoms with E-state index in [2.05, 4.69) is 0 Å². The van der Waals surface area contributed by atoms with Gasteiger partial charge in [0.05, 0.1) is 6.10 Å². The van der Waals surface area contributed by atoms with Crippen molar-refractivity contribution in [2.24, 2.45) is 0 Å². The van der Waals surface area contributed by atoms with E-state index in [0.717, 1.165) is 24.1 Å². The highest BCUT2D eigenvalue weighted by atomic mass is 16.4. The van der Waals surface area contributed by atoms with Crippen molar-refractivity contribution >= 4 is 11.7 Å². The van der Waals surface area contributed by atoms with Gasteiger partial charge in [-0.2, -0.15) is 0 Å². The van der Waals surface area contributed by atoms with Crippen LogP contribution in [0.3, 0.4) is 0 Å². The molecule has 0 saturated carbocycles. The van der Waals surface area contributed by atoms with Crippen molar-refractivity contribution in [3.63, 3.8) is 0 Å². The average Bonchev–Trinajstić information content (AvgIpc) is 2.56. The fourth-order valence-electron chi connectivity index (χ4n) is 2.77. The lowest BCUT2D eigenvalue weighted by Gasteiger charge is -2.31. The summed E-state index contributed by atoms with van der Waals surface area (Å²) in [4.78, 5) is 13.4. The zero-order valence-electron chi connectivity index (χ0n) is 11.2. The van der Waals surface area contributed by atoms with Gasteiger partial charge >= 0.3 is 5.97 Å². The van der Waals surface area contributed by atoms with Crippen LogP contribution in [0, 0.1) is 0 Å². The fraction of sp³-hybridized carbons (Fsp3) is 0.533. The van der Waals surface area contributed by atoms with Gasteiger partial charge < -0.3 is 15.1 Å². The maximum absolute atomic E-state index is 11.5. The lowest BCUT2D eigenvalue weighted by atomic mass is 10.0. The Hall–Kier alpha value is -1.55. The van der Waals surface area contributed by atoms with E-state index in [1.807, 2.05) is 36.1 Å². The second-order valence-corrected chi connectivity index (χ2v) is 5.05. The molecule has 0 aromatic heterocycles. The number of benzene rings is 1. The van der Waals surface area contributed by atoms with Crippen molar-refractivity contribution in [3.8, 4) is 0 Å². The summed E-state index contributed by atoms with van der Waals surface area (Å²) in [6, 6.07) is 7.09. The minimum absolute atomic E-state index is 0.489. The molecule has 1 aliphatic rings. The highest BCUT2D eigenvalue weighted by Crippen LogP contribution is 2.34. The molecule has 4 nitrogen and oxygen atoms in total. The summed E-state index contributed by atoms with van der Waals surface area (Å²) in [5.41, 5.74) is 1.72. The molecule has 1 aromatic rings. The number of aliphatic hydroxyl groups is 1. The normalized spacial score (nSPS) is 20.5. The first-order chi connectivity index (χ1) is 9.15. The predicted octanol–water partition coefficient (Wildman–Crippen LogP) is 2.57. The molecule has 0 radical (unpaired) electrons. The van der Waals surface area contributed by atoms with Gasteiger partial charge in [0, 0.05) is 17.8 Å². The second kappa shape index (κ2) is 6.06. The average molecular weight is 263 g/mol. The number of aliphatic carboxylic acids is 1. The molecule has 0 amide bonds. The Morgan fingerprint density at radius 2 is 2.21 bits per heavy atom. The lowest BCUT2D eigenvalue weighted by molar-refractivity contribution is -0.138. The molecule has 1 aliphatic heterocycles. The van der Waals surface area contributed by atoms with E-state index in [1.165, 1.54) is 0 Å². The largest absolute Gasteiger partial charge is 0.480 e. The maximum atomic E-state index is 11.5. The number of para-hydroxylation sites is 1. The maximum Gasteiger partial charge on any atom is 0.326 e. The number of carboxylic acid groups (broad SMARTS) is 1. The lowest BCUT2D eigenvalue weighted by Crippen LogP contribution is -2.41. The van der Waals surface area contributed by atoms with E-state index in [-0.39, 0.29) is 0 Å². The van der Waals surface area contributed by atoms with E-state index in [4.69, 9.17) is 0 Å². The van der Waals surface area contributed by atoms with Crippen molar-refractivity contribution in [1.82, 2.24) is 0 Å². The molecule has 2 atom stereocenters. The fourth-order valence-corrected chi connectivity index (χ4v) is 2.77. The van der Waals surface area contributed by atoms with Crippen molar-refractivity contribution < 1.29 is 15.0 Å². The highest BCUT2D eigenvalue weighted by Gasteiger charge is 2.29. The third-order valence-electron chi connectivity index (χ3n) is 3.71. The Bertz CT molecular complexity index is 447. The van der Waals surface area contributed by atoms with E-state index in [0.29, 0.717) is 19.4 Å². The van der Waals surface area contributed by atoms with Gasteiger partial charge in [0.2, 0.25) is 0 Å². The molecule has 2 unspecified atom stereocenters. The predicted molar refractivity (Wildman–Crippen MR) is 74.3 cm³/mol. The molecule has 0 bridgehead atoms. The summed E-state index contributed by atoms with van der Waals surface area (Å²) in [7, 11) is 0. The molecule has 2 N–H and O–H groups in total. The number of hydrogen-bond donors (Lipinski definition) is 2. The van der Waals surface area contributed by atoms with E-state index >= 15 is 0 Å². The van der Waals surface area contributed by atoms with Crippen LogP contribution in [-0.2, 0) is 4.79 Å². The number of nitrogens with zero attached hydrogens (tertiary/aromatic N) is 1. The summed E-state index contributed by atoms with van der Waals surface area (Å²) in [5.74, 6) is -0.784. The summed E-state index contributed by atoms with van der Waals surface area (Å²) in [6.07, 6.45) is 2.46. The van der Waals surface area contributed by atoms with Crippen LogP contribution in [0.5, 0.6) is 0 Å². The van der Waals surface area contributed by atoms with Gasteiger partial charge in [-0.3, -0.25) is 0 Å². The van der Waals surface area contributed by atoms with Gasteiger partial charge in [-0.25, -0.2) is 4.79 Å². The van der Waals surface area contributed by atoms with Crippen LogP contribution in [0.25, 0.3) is 0 Å². The molecule has 4 heteroatoms. The molecular formula is C15H21NO3. The Balaban J connectivity index is 2.39. The van der Waals surface area contributed by atoms with Crippen LogP contribution >= 0.6 is 0 Å². The molecule has 0 spiro atoms.